The topological polar surface area (TPSA) is 76.1 Å². The number of carbonyl (C=O) groups excluding carboxylic acids is 2. The Bertz CT molecular complexity index is 1040. The van der Waals surface area contributed by atoms with Crippen LogP contribution >= 0.6 is 15.9 Å². The van der Waals surface area contributed by atoms with Crippen molar-refractivity contribution in [2.45, 2.75) is 37.8 Å². The first-order chi connectivity index (χ1) is 15.0. The highest BCUT2D eigenvalue weighted by atomic mass is 79.9. The fraction of sp³-hybridized carbons (Fsp3) is 0.333. The van der Waals surface area contributed by atoms with E-state index in [4.69, 9.17) is 9.47 Å². The van der Waals surface area contributed by atoms with Gasteiger partial charge in [0, 0.05) is 16.1 Å². The molecule has 1 atom stereocenters. The smallest absolute Gasteiger partial charge is 0.295 e. The molecule has 0 spiro atoms. The molecule has 1 heterocycles. The van der Waals surface area contributed by atoms with Gasteiger partial charge in [-0.2, -0.15) is 0 Å². The molecule has 7 heteroatoms. The predicted octanol–water partition coefficient (Wildman–Crippen LogP) is 4.83. The van der Waals surface area contributed by atoms with E-state index in [-0.39, 0.29) is 17.4 Å². The van der Waals surface area contributed by atoms with Crippen molar-refractivity contribution in [2.24, 2.45) is 0 Å². The Balaban J connectivity index is 1.90. The molecule has 0 aromatic heterocycles. The highest BCUT2D eigenvalue weighted by molar-refractivity contribution is 9.10. The lowest BCUT2D eigenvalue weighted by molar-refractivity contribution is -0.141. The van der Waals surface area contributed by atoms with Gasteiger partial charge in [-0.15, -0.1) is 0 Å². The Labute approximate surface area is 189 Å². The number of aliphatic hydroxyl groups is 1. The standard InChI is InChI=1S/C24H24BrNO5/c1-30-18-12-9-15(13-19(18)31-2)21-20(22(27)14-7-10-16(25)11-8-14)23(28)24(29)26(21)17-5-3-4-6-17/h7-13,17,21,27H,3-6H2,1-2H3/b22-20-. The van der Waals surface area contributed by atoms with E-state index >= 15 is 0 Å². The number of ether oxygens (including phenoxy) is 2. The minimum Gasteiger partial charge on any atom is -0.507 e. The fourth-order valence-electron chi connectivity index (χ4n) is 4.52. The van der Waals surface area contributed by atoms with Crippen molar-refractivity contribution < 1.29 is 24.2 Å². The van der Waals surface area contributed by atoms with Gasteiger partial charge in [-0.1, -0.05) is 47.0 Å². The Morgan fingerprint density at radius 1 is 1.00 bits per heavy atom. The van der Waals surface area contributed by atoms with Crippen molar-refractivity contribution in [2.75, 3.05) is 14.2 Å². The second-order valence-electron chi connectivity index (χ2n) is 7.77. The first-order valence-electron chi connectivity index (χ1n) is 10.2. The van der Waals surface area contributed by atoms with Crippen LogP contribution in [0.25, 0.3) is 5.76 Å². The van der Waals surface area contributed by atoms with Crippen LogP contribution in [0.2, 0.25) is 0 Å². The molecule has 2 aliphatic rings. The van der Waals surface area contributed by atoms with Crippen LogP contribution in [0.4, 0.5) is 0 Å². The molecule has 0 radical (unpaired) electrons. The molecule has 4 rings (SSSR count). The summed E-state index contributed by atoms with van der Waals surface area (Å²) in [6, 6.07) is 11.6. The average molecular weight is 486 g/mol. The van der Waals surface area contributed by atoms with Crippen molar-refractivity contribution >= 4 is 33.4 Å². The van der Waals surface area contributed by atoms with Gasteiger partial charge >= 0.3 is 0 Å². The molecule has 1 saturated carbocycles. The summed E-state index contributed by atoms with van der Waals surface area (Å²) in [5.74, 6) is -0.346. The number of hydrogen-bond acceptors (Lipinski definition) is 5. The molecule has 1 aliphatic heterocycles. The number of halogens is 1. The second kappa shape index (κ2) is 8.75. The van der Waals surface area contributed by atoms with Gasteiger partial charge in [-0.3, -0.25) is 9.59 Å². The van der Waals surface area contributed by atoms with Crippen LogP contribution in [0, 0.1) is 0 Å². The molecule has 0 bridgehead atoms. The van der Waals surface area contributed by atoms with Crippen LogP contribution < -0.4 is 9.47 Å². The lowest BCUT2D eigenvalue weighted by Crippen LogP contribution is -2.37. The van der Waals surface area contributed by atoms with Crippen molar-refractivity contribution in [3.63, 3.8) is 0 Å². The molecule has 6 nitrogen and oxygen atoms in total. The number of hydrogen-bond donors (Lipinski definition) is 1. The summed E-state index contributed by atoms with van der Waals surface area (Å²) in [5, 5.41) is 11.1. The molecular formula is C24H24BrNO5. The number of ketones is 1. The number of aliphatic hydroxyl groups excluding tert-OH is 1. The quantitative estimate of drug-likeness (QED) is 0.372. The van der Waals surface area contributed by atoms with Gasteiger partial charge in [-0.05, 0) is 42.7 Å². The van der Waals surface area contributed by atoms with Crippen LogP contribution in [0.15, 0.2) is 52.5 Å². The van der Waals surface area contributed by atoms with E-state index in [0.717, 1.165) is 30.2 Å². The summed E-state index contributed by atoms with van der Waals surface area (Å²) in [5.41, 5.74) is 1.28. The maximum absolute atomic E-state index is 13.1. The first kappa shape index (κ1) is 21.4. The highest BCUT2D eigenvalue weighted by Gasteiger charge is 2.49. The fourth-order valence-corrected chi connectivity index (χ4v) is 4.79. The van der Waals surface area contributed by atoms with Gasteiger partial charge in [0.15, 0.2) is 11.5 Å². The number of likely N-dealkylation sites (tertiary alicyclic amines) is 1. The molecule has 2 aromatic rings. The molecule has 1 aliphatic carbocycles. The van der Waals surface area contributed by atoms with E-state index < -0.39 is 17.7 Å². The Kier molecular flexibility index (Phi) is 6.05. The zero-order chi connectivity index (χ0) is 22.1. The van der Waals surface area contributed by atoms with E-state index in [1.807, 2.05) is 6.07 Å². The number of methoxy groups -OCH3 is 2. The van der Waals surface area contributed by atoms with Crippen LogP contribution in [-0.2, 0) is 9.59 Å². The van der Waals surface area contributed by atoms with Crippen LogP contribution in [0.5, 0.6) is 11.5 Å². The predicted molar refractivity (Wildman–Crippen MR) is 120 cm³/mol. The monoisotopic (exact) mass is 485 g/mol. The Hall–Kier alpha value is -2.80. The SMILES string of the molecule is COc1ccc(C2/C(=C(/O)c3ccc(Br)cc3)C(=O)C(=O)N2C2CCCC2)cc1OC. The lowest BCUT2D eigenvalue weighted by Gasteiger charge is -2.31. The summed E-state index contributed by atoms with van der Waals surface area (Å²) in [4.78, 5) is 27.9. The Morgan fingerprint density at radius 3 is 2.26 bits per heavy atom. The van der Waals surface area contributed by atoms with E-state index in [1.54, 1.807) is 48.4 Å². The lowest BCUT2D eigenvalue weighted by atomic mass is 9.94. The molecular weight excluding hydrogens is 462 g/mol. The van der Waals surface area contributed by atoms with Gasteiger partial charge in [-0.25, -0.2) is 0 Å². The summed E-state index contributed by atoms with van der Waals surface area (Å²) in [6.07, 6.45) is 3.71. The number of nitrogens with zero attached hydrogens (tertiary/aromatic N) is 1. The first-order valence-corrected chi connectivity index (χ1v) is 11.0. The van der Waals surface area contributed by atoms with Gasteiger partial charge in [0.25, 0.3) is 11.7 Å². The summed E-state index contributed by atoms with van der Waals surface area (Å²) < 4.78 is 11.6. The summed E-state index contributed by atoms with van der Waals surface area (Å²) in [6.45, 7) is 0. The molecule has 162 valence electrons. The number of amides is 1. The minimum atomic E-state index is -0.688. The highest BCUT2D eigenvalue weighted by Crippen LogP contribution is 2.45. The van der Waals surface area contributed by atoms with E-state index in [0.29, 0.717) is 22.6 Å². The van der Waals surface area contributed by atoms with Crippen LogP contribution in [0.1, 0.15) is 42.9 Å². The minimum absolute atomic E-state index is 0.0373. The van der Waals surface area contributed by atoms with Gasteiger partial charge in [0.05, 0.1) is 25.8 Å². The van der Waals surface area contributed by atoms with E-state index in [9.17, 15) is 14.7 Å². The van der Waals surface area contributed by atoms with Gasteiger partial charge in [0.2, 0.25) is 0 Å². The van der Waals surface area contributed by atoms with Crippen molar-refractivity contribution in [3.8, 4) is 11.5 Å². The van der Waals surface area contributed by atoms with Crippen LogP contribution in [-0.4, -0.2) is 42.0 Å². The molecule has 31 heavy (non-hydrogen) atoms. The van der Waals surface area contributed by atoms with E-state index in [2.05, 4.69) is 15.9 Å². The van der Waals surface area contributed by atoms with Crippen molar-refractivity contribution in [1.82, 2.24) is 4.90 Å². The van der Waals surface area contributed by atoms with Gasteiger partial charge in [0.1, 0.15) is 5.76 Å². The number of Topliss-reactive ketones (excluding diaryl/α,β-unsaturated/α-hetero) is 1. The molecule has 1 amide bonds. The van der Waals surface area contributed by atoms with E-state index in [1.165, 1.54) is 7.11 Å². The largest absolute Gasteiger partial charge is 0.507 e. The number of carbonyl (C=O) groups is 2. The molecule has 2 fully saturated rings. The number of benzene rings is 2. The van der Waals surface area contributed by atoms with Crippen molar-refractivity contribution in [3.05, 3.63) is 63.6 Å². The zero-order valence-electron chi connectivity index (χ0n) is 17.4. The third-order valence-electron chi connectivity index (χ3n) is 6.04. The third-order valence-corrected chi connectivity index (χ3v) is 6.57. The van der Waals surface area contributed by atoms with Crippen LogP contribution in [0.3, 0.4) is 0 Å². The second-order valence-corrected chi connectivity index (χ2v) is 8.68. The molecule has 1 N–H and O–H groups in total. The molecule has 1 unspecified atom stereocenters. The van der Waals surface area contributed by atoms with Gasteiger partial charge < -0.3 is 19.5 Å². The summed E-state index contributed by atoms with van der Waals surface area (Å²) in [7, 11) is 3.09. The number of rotatable bonds is 5. The molecule has 2 aromatic carbocycles. The zero-order valence-corrected chi connectivity index (χ0v) is 19.0. The Morgan fingerprint density at radius 2 is 1.65 bits per heavy atom. The third kappa shape index (κ3) is 3.82. The van der Waals surface area contributed by atoms with Crippen molar-refractivity contribution in [1.29, 1.82) is 0 Å². The summed E-state index contributed by atoms with van der Waals surface area (Å²) >= 11 is 3.38. The normalized spacial score (nSPS) is 21.0. The maximum atomic E-state index is 13.1. The maximum Gasteiger partial charge on any atom is 0.295 e. The molecule has 1 saturated heterocycles. The average Bonchev–Trinajstić information content (AvgIpc) is 3.40.